The zero-order valence-corrected chi connectivity index (χ0v) is 12.0. The van der Waals surface area contributed by atoms with Gasteiger partial charge in [0.1, 0.15) is 0 Å². The van der Waals surface area contributed by atoms with Gasteiger partial charge in [-0.15, -0.1) is 0 Å². The van der Waals surface area contributed by atoms with Crippen LogP contribution in [0.4, 0.5) is 0 Å². The summed E-state index contributed by atoms with van der Waals surface area (Å²) in [6.45, 7) is 6.70. The molecule has 1 amide bonds. The largest absolute Gasteiger partial charge is 0.379 e. The Morgan fingerprint density at radius 2 is 2.30 bits per heavy atom. The monoisotopic (exact) mass is 277 g/mol. The van der Waals surface area contributed by atoms with Crippen LogP contribution in [0.1, 0.15) is 18.9 Å². The quantitative estimate of drug-likeness (QED) is 0.837. The van der Waals surface area contributed by atoms with Gasteiger partial charge in [0.25, 0.3) is 0 Å². The number of morpholine rings is 1. The molecule has 0 aromatic carbocycles. The van der Waals surface area contributed by atoms with Crippen LogP contribution in [-0.4, -0.2) is 54.7 Å². The van der Waals surface area contributed by atoms with Gasteiger partial charge in [-0.2, -0.15) is 0 Å². The van der Waals surface area contributed by atoms with Gasteiger partial charge in [0.15, 0.2) is 0 Å². The first kappa shape index (κ1) is 14.9. The van der Waals surface area contributed by atoms with Crippen molar-refractivity contribution >= 4 is 5.91 Å². The number of hydrogen-bond acceptors (Lipinski definition) is 4. The molecule has 2 heterocycles. The van der Waals surface area contributed by atoms with Crippen LogP contribution in [0.5, 0.6) is 0 Å². The molecule has 1 atom stereocenters. The van der Waals surface area contributed by atoms with Crippen LogP contribution in [-0.2, 0) is 16.0 Å². The third-order valence-corrected chi connectivity index (χ3v) is 3.48. The summed E-state index contributed by atoms with van der Waals surface area (Å²) >= 11 is 0. The molecule has 20 heavy (non-hydrogen) atoms. The number of carbonyl (C=O) groups is 1. The number of ether oxygens (including phenoxy) is 1. The zero-order valence-electron chi connectivity index (χ0n) is 12.0. The van der Waals surface area contributed by atoms with E-state index in [1.54, 1.807) is 12.4 Å². The van der Waals surface area contributed by atoms with E-state index in [4.69, 9.17) is 4.74 Å². The van der Waals surface area contributed by atoms with Crippen molar-refractivity contribution in [3.05, 3.63) is 30.1 Å². The first-order valence-corrected chi connectivity index (χ1v) is 7.22. The number of amides is 1. The van der Waals surface area contributed by atoms with Crippen LogP contribution < -0.4 is 5.32 Å². The van der Waals surface area contributed by atoms with Gasteiger partial charge < -0.3 is 10.1 Å². The lowest BCUT2D eigenvalue weighted by atomic mass is 10.1. The first-order chi connectivity index (χ1) is 9.74. The predicted octanol–water partition coefficient (Wildman–Crippen LogP) is 0.851. The van der Waals surface area contributed by atoms with E-state index in [0.717, 1.165) is 44.8 Å². The molecule has 2 rings (SSSR count). The number of pyridine rings is 1. The summed E-state index contributed by atoms with van der Waals surface area (Å²) in [7, 11) is 0. The van der Waals surface area contributed by atoms with Crippen LogP contribution in [0.15, 0.2) is 24.5 Å². The molecule has 0 bridgehead atoms. The SMILES string of the molecule is CC(CCN1CCOCC1)NC(=O)Cc1cccnc1. The van der Waals surface area contributed by atoms with Gasteiger partial charge >= 0.3 is 0 Å². The molecule has 1 unspecified atom stereocenters. The zero-order chi connectivity index (χ0) is 14.2. The average Bonchev–Trinajstić information content (AvgIpc) is 2.47. The molecule has 1 N–H and O–H groups in total. The molecule has 1 aliphatic heterocycles. The van der Waals surface area contributed by atoms with Crippen molar-refractivity contribution in [3.63, 3.8) is 0 Å². The van der Waals surface area contributed by atoms with E-state index >= 15 is 0 Å². The van der Waals surface area contributed by atoms with E-state index in [2.05, 4.69) is 22.1 Å². The normalized spacial score (nSPS) is 17.6. The summed E-state index contributed by atoms with van der Waals surface area (Å²) in [5.41, 5.74) is 0.949. The molecular formula is C15H23N3O2. The Morgan fingerprint density at radius 1 is 1.50 bits per heavy atom. The van der Waals surface area contributed by atoms with Crippen molar-refractivity contribution in [2.75, 3.05) is 32.8 Å². The van der Waals surface area contributed by atoms with E-state index in [1.807, 2.05) is 12.1 Å². The Balaban J connectivity index is 1.65. The second-order valence-electron chi connectivity index (χ2n) is 5.25. The molecular weight excluding hydrogens is 254 g/mol. The molecule has 1 aliphatic rings. The van der Waals surface area contributed by atoms with Gasteiger partial charge in [-0.3, -0.25) is 14.7 Å². The Morgan fingerprint density at radius 3 is 3.00 bits per heavy atom. The molecule has 0 radical (unpaired) electrons. The minimum atomic E-state index is 0.0625. The maximum atomic E-state index is 11.9. The molecule has 1 saturated heterocycles. The lowest BCUT2D eigenvalue weighted by molar-refractivity contribution is -0.121. The van der Waals surface area contributed by atoms with Gasteiger partial charge in [-0.05, 0) is 25.0 Å². The van der Waals surface area contributed by atoms with Gasteiger partial charge in [0.2, 0.25) is 5.91 Å². The first-order valence-electron chi connectivity index (χ1n) is 7.22. The number of nitrogens with one attached hydrogen (secondary N) is 1. The molecule has 110 valence electrons. The summed E-state index contributed by atoms with van der Waals surface area (Å²) < 4.78 is 5.32. The maximum absolute atomic E-state index is 11.9. The Bertz CT molecular complexity index is 405. The van der Waals surface area contributed by atoms with Crippen LogP contribution in [0.2, 0.25) is 0 Å². The highest BCUT2D eigenvalue weighted by molar-refractivity contribution is 5.78. The third kappa shape index (κ3) is 5.27. The average molecular weight is 277 g/mol. The summed E-state index contributed by atoms with van der Waals surface area (Å²) in [5.74, 6) is 0.0625. The molecule has 1 fully saturated rings. The van der Waals surface area contributed by atoms with Gasteiger partial charge in [-0.25, -0.2) is 0 Å². The molecule has 1 aromatic rings. The van der Waals surface area contributed by atoms with Gasteiger partial charge in [-0.1, -0.05) is 6.07 Å². The topological polar surface area (TPSA) is 54.5 Å². The van der Waals surface area contributed by atoms with E-state index in [1.165, 1.54) is 0 Å². The molecule has 1 aromatic heterocycles. The van der Waals surface area contributed by atoms with Crippen molar-refractivity contribution < 1.29 is 9.53 Å². The minimum Gasteiger partial charge on any atom is -0.379 e. The number of rotatable bonds is 6. The molecule has 0 aliphatic carbocycles. The predicted molar refractivity (Wildman–Crippen MR) is 77.4 cm³/mol. The fourth-order valence-electron chi connectivity index (χ4n) is 2.29. The number of nitrogens with zero attached hydrogens (tertiary/aromatic N) is 2. The fourth-order valence-corrected chi connectivity index (χ4v) is 2.29. The highest BCUT2D eigenvalue weighted by atomic mass is 16.5. The van der Waals surface area contributed by atoms with Gasteiger partial charge in [0, 0.05) is 38.1 Å². The van der Waals surface area contributed by atoms with Gasteiger partial charge in [0.05, 0.1) is 19.6 Å². The van der Waals surface area contributed by atoms with Crippen molar-refractivity contribution in [1.82, 2.24) is 15.2 Å². The molecule has 0 spiro atoms. The summed E-state index contributed by atoms with van der Waals surface area (Å²) in [6.07, 6.45) is 4.82. The van der Waals surface area contributed by atoms with E-state index < -0.39 is 0 Å². The van der Waals surface area contributed by atoms with Crippen LogP contribution >= 0.6 is 0 Å². The lowest BCUT2D eigenvalue weighted by Gasteiger charge is -2.27. The smallest absolute Gasteiger partial charge is 0.224 e. The molecule has 5 nitrogen and oxygen atoms in total. The van der Waals surface area contributed by atoms with Crippen molar-refractivity contribution in [3.8, 4) is 0 Å². The molecule has 5 heteroatoms. The number of hydrogen-bond donors (Lipinski definition) is 1. The lowest BCUT2D eigenvalue weighted by Crippen LogP contribution is -2.40. The number of carbonyl (C=O) groups excluding carboxylic acids is 1. The van der Waals surface area contributed by atoms with E-state index in [0.29, 0.717) is 6.42 Å². The standard InChI is InChI=1S/C15H23N3O2/c1-13(4-6-18-7-9-20-10-8-18)17-15(19)11-14-3-2-5-16-12-14/h2-3,5,12-13H,4,6-11H2,1H3,(H,17,19). The summed E-state index contributed by atoms with van der Waals surface area (Å²) in [5, 5.41) is 3.04. The summed E-state index contributed by atoms with van der Waals surface area (Å²) in [6, 6.07) is 3.97. The highest BCUT2D eigenvalue weighted by Gasteiger charge is 2.13. The summed E-state index contributed by atoms with van der Waals surface area (Å²) in [4.78, 5) is 18.3. The van der Waals surface area contributed by atoms with Crippen LogP contribution in [0.3, 0.4) is 0 Å². The third-order valence-electron chi connectivity index (χ3n) is 3.48. The van der Waals surface area contributed by atoms with Crippen LogP contribution in [0, 0.1) is 0 Å². The highest BCUT2D eigenvalue weighted by Crippen LogP contribution is 2.02. The number of aromatic nitrogens is 1. The fraction of sp³-hybridized carbons (Fsp3) is 0.600. The maximum Gasteiger partial charge on any atom is 0.224 e. The Kier molecular flexibility index (Phi) is 5.95. The van der Waals surface area contributed by atoms with Crippen molar-refractivity contribution in [2.24, 2.45) is 0 Å². The van der Waals surface area contributed by atoms with E-state index in [-0.39, 0.29) is 11.9 Å². The van der Waals surface area contributed by atoms with Crippen LogP contribution in [0.25, 0.3) is 0 Å². The molecule has 0 saturated carbocycles. The van der Waals surface area contributed by atoms with Crippen molar-refractivity contribution in [2.45, 2.75) is 25.8 Å². The van der Waals surface area contributed by atoms with E-state index in [9.17, 15) is 4.79 Å². The second kappa shape index (κ2) is 7.97. The minimum absolute atomic E-state index is 0.0625. The Hall–Kier alpha value is -1.46. The van der Waals surface area contributed by atoms with Crippen molar-refractivity contribution in [1.29, 1.82) is 0 Å². The Labute approximate surface area is 120 Å². The second-order valence-corrected chi connectivity index (χ2v) is 5.25.